The lowest BCUT2D eigenvalue weighted by molar-refractivity contribution is 0.791. The van der Waals surface area contributed by atoms with Gasteiger partial charge in [-0.05, 0) is 37.1 Å². The van der Waals surface area contributed by atoms with Gasteiger partial charge >= 0.3 is 0 Å². The van der Waals surface area contributed by atoms with Gasteiger partial charge in [-0.25, -0.2) is 9.97 Å². The molecule has 0 aliphatic rings. The van der Waals surface area contributed by atoms with Gasteiger partial charge in [-0.3, -0.25) is 9.97 Å². The molecule has 5 nitrogen and oxygen atoms in total. The van der Waals surface area contributed by atoms with Crippen LogP contribution >= 0.6 is 0 Å². The van der Waals surface area contributed by atoms with Gasteiger partial charge in [0.1, 0.15) is 0 Å². The molecule has 0 aromatic carbocycles. The van der Waals surface area contributed by atoms with Crippen molar-refractivity contribution in [2.45, 2.75) is 26.2 Å². The summed E-state index contributed by atoms with van der Waals surface area (Å²) in [7, 11) is 0. The molecule has 0 aliphatic heterocycles. The van der Waals surface area contributed by atoms with E-state index in [-0.39, 0.29) is 5.95 Å². The summed E-state index contributed by atoms with van der Waals surface area (Å²) in [5, 5.41) is 0. The fraction of sp³-hybridized carbons (Fsp3) is 0.222. The Hall–Kier alpha value is -2.82. The number of aromatic nitrogens is 4. The molecule has 0 radical (unpaired) electrons. The zero-order valence-electron chi connectivity index (χ0n) is 13.1. The van der Waals surface area contributed by atoms with E-state index >= 15 is 0 Å². The van der Waals surface area contributed by atoms with Gasteiger partial charge in [-0.15, -0.1) is 0 Å². The molecular weight excluding hydrogens is 286 g/mol. The number of nitrogens with zero attached hydrogens (tertiary/aromatic N) is 4. The van der Waals surface area contributed by atoms with Crippen molar-refractivity contribution >= 4 is 5.95 Å². The number of unbranched alkanes of at least 4 members (excludes halogenated alkanes) is 1. The molecule has 0 saturated carbocycles. The largest absolute Gasteiger partial charge is 0.368 e. The Kier molecular flexibility index (Phi) is 4.57. The maximum absolute atomic E-state index is 5.97. The molecule has 0 saturated heterocycles. The molecule has 5 heteroatoms. The van der Waals surface area contributed by atoms with Crippen LogP contribution in [-0.4, -0.2) is 19.9 Å². The fourth-order valence-corrected chi connectivity index (χ4v) is 2.58. The molecule has 2 N–H and O–H groups in total. The second-order valence-electron chi connectivity index (χ2n) is 5.34. The number of nitrogens with two attached hydrogens (primary N) is 1. The number of hydrogen-bond donors (Lipinski definition) is 1. The van der Waals surface area contributed by atoms with E-state index in [2.05, 4.69) is 26.9 Å². The lowest BCUT2D eigenvalue weighted by Gasteiger charge is -2.14. The lowest BCUT2D eigenvalue weighted by Crippen LogP contribution is -2.05. The normalized spacial score (nSPS) is 10.7. The summed E-state index contributed by atoms with van der Waals surface area (Å²) in [5.74, 6) is 0.274. The van der Waals surface area contributed by atoms with Crippen LogP contribution in [0.3, 0.4) is 0 Å². The van der Waals surface area contributed by atoms with Crippen molar-refractivity contribution in [3.05, 3.63) is 54.6 Å². The molecule has 0 spiro atoms. The standard InChI is InChI=1S/C18H19N5/c1-2-3-6-15-16(13-7-10-20-11-8-13)22-18(19)23-17(15)14-5-4-9-21-12-14/h4-5,7-12H,2-3,6H2,1H3,(H2,19,22,23). The molecule has 0 aliphatic carbocycles. The summed E-state index contributed by atoms with van der Waals surface area (Å²) in [6, 6.07) is 7.80. The third-order valence-electron chi connectivity index (χ3n) is 3.69. The molecule has 3 aromatic rings. The van der Waals surface area contributed by atoms with Crippen LogP contribution in [-0.2, 0) is 6.42 Å². The van der Waals surface area contributed by atoms with Crippen LogP contribution in [0, 0.1) is 0 Å². The summed E-state index contributed by atoms with van der Waals surface area (Å²) >= 11 is 0. The summed E-state index contributed by atoms with van der Waals surface area (Å²) < 4.78 is 0. The monoisotopic (exact) mass is 305 g/mol. The Morgan fingerprint density at radius 3 is 2.30 bits per heavy atom. The molecule has 3 rings (SSSR count). The van der Waals surface area contributed by atoms with E-state index in [1.807, 2.05) is 30.5 Å². The van der Waals surface area contributed by atoms with E-state index in [1.54, 1.807) is 18.6 Å². The first kappa shape index (κ1) is 15.1. The highest BCUT2D eigenvalue weighted by Gasteiger charge is 2.16. The number of pyridine rings is 2. The topological polar surface area (TPSA) is 77.6 Å². The van der Waals surface area contributed by atoms with Crippen LogP contribution in [0.25, 0.3) is 22.5 Å². The summed E-state index contributed by atoms with van der Waals surface area (Å²) in [4.78, 5) is 17.3. The average Bonchev–Trinajstić information content (AvgIpc) is 2.61. The van der Waals surface area contributed by atoms with Gasteiger partial charge in [-0.2, -0.15) is 0 Å². The van der Waals surface area contributed by atoms with E-state index in [0.29, 0.717) is 0 Å². The van der Waals surface area contributed by atoms with E-state index in [0.717, 1.165) is 47.3 Å². The van der Waals surface area contributed by atoms with E-state index in [1.165, 1.54) is 0 Å². The van der Waals surface area contributed by atoms with Gasteiger partial charge in [0.2, 0.25) is 5.95 Å². The Labute approximate surface area is 135 Å². The molecular formula is C18H19N5. The quantitative estimate of drug-likeness (QED) is 0.780. The molecule has 116 valence electrons. The minimum Gasteiger partial charge on any atom is -0.368 e. The Morgan fingerprint density at radius 1 is 0.913 bits per heavy atom. The highest BCUT2D eigenvalue weighted by atomic mass is 15.0. The molecule has 0 fully saturated rings. The lowest BCUT2D eigenvalue weighted by atomic mass is 9.97. The van der Waals surface area contributed by atoms with Crippen LogP contribution in [0.4, 0.5) is 5.95 Å². The molecule has 0 amide bonds. The molecule has 23 heavy (non-hydrogen) atoms. The van der Waals surface area contributed by atoms with Crippen LogP contribution in [0.1, 0.15) is 25.3 Å². The van der Waals surface area contributed by atoms with Crippen molar-refractivity contribution in [2.24, 2.45) is 0 Å². The highest BCUT2D eigenvalue weighted by molar-refractivity contribution is 5.74. The highest BCUT2D eigenvalue weighted by Crippen LogP contribution is 2.31. The average molecular weight is 305 g/mol. The van der Waals surface area contributed by atoms with Gasteiger partial charge < -0.3 is 5.73 Å². The van der Waals surface area contributed by atoms with Crippen LogP contribution in [0.15, 0.2) is 49.1 Å². The first-order valence-electron chi connectivity index (χ1n) is 7.76. The predicted octanol–water partition coefficient (Wildman–Crippen LogP) is 3.53. The van der Waals surface area contributed by atoms with E-state index < -0.39 is 0 Å². The number of anilines is 1. The van der Waals surface area contributed by atoms with Gasteiger partial charge in [0, 0.05) is 41.5 Å². The van der Waals surface area contributed by atoms with Crippen molar-refractivity contribution in [1.82, 2.24) is 19.9 Å². The first-order valence-corrected chi connectivity index (χ1v) is 7.76. The van der Waals surface area contributed by atoms with Crippen LogP contribution in [0.5, 0.6) is 0 Å². The van der Waals surface area contributed by atoms with Crippen molar-refractivity contribution < 1.29 is 0 Å². The first-order chi connectivity index (χ1) is 11.3. The molecule has 0 bridgehead atoms. The number of rotatable bonds is 5. The van der Waals surface area contributed by atoms with Gasteiger partial charge in [0.25, 0.3) is 0 Å². The Balaban J connectivity index is 2.21. The smallest absolute Gasteiger partial charge is 0.221 e. The molecule has 0 atom stereocenters. The van der Waals surface area contributed by atoms with Crippen molar-refractivity contribution in [3.8, 4) is 22.5 Å². The summed E-state index contributed by atoms with van der Waals surface area (Å²) in [5.41, 5.74) is 10.8. The van der Waals surface area contributed by atoms with Crippen LogP contribution < -0.4 is 5.73 Å². The predicted molar refractivity (Wildman–Crippen MR) is 91.5 cm³/mol. The third-order valence-corrected chi connectivity index (χ3v) is 3.69. The van der Waals surface area contributed by atoms with Crippen LogP contribution in [0.2, 0.25) is 0 Å². The number of hydrogen-bond acceptors (Lipinski definition) is 5. The van der Waals surface area contributed by atoms with Gasteiger partial charge in [-0.1, -0.05) is 13.3 Å². The SMILES string of the molecule is CCCCc1c(-c2ccncc2)nc(N)nc1-c1cccnc1. The van der Waals surface area contributed by atoms with E-state index in [9.17, 15) is 0 Å². The molecule has 3 heterocycles. The molecule has 3 aromatic heterocycles. The van der Waals surface area contributed by atoms with Gasteiger partial charge in [0.05, 0.1) is 11.4 Å². The summed E-state index contributed by atoms with van der Waals surface area (Å²) in [6.07, 6.45) is 10.2. The number of nitrogen functional groups attached to an aromatic ring is 1. The summed E-state index contributed by atoms with van der Waals surface area (Å²) in [6.45, 7) is 2.17. The minimum atomic E-state index is 0.274. The Bertz CT molecular complexity index is 711. The molecule has 0 unspecified atom stereocenters. The van der Waals surface area contributed by atoms with E-state index in [4.69, 9.17) is 5.73 Å². The van der Waals surface area contributed by atoms with Gasteiger partial charge in [0.15, 0.2) is 0 Å². The zero-order valence-corrected chi connectivity index (χ0v) is 13.1. The minimum absolute atomic E-state index is 0.274. The maximum Gasteiger partial charge on any atom is 0.221 e. The maximum atomic E-state index is 5.97. The van der Waals surface area contributed by atoms with Crippen molar-refractivity contribution in [1.29, 1.82) is 0 Å². The Morgan fingerprint density at radius 2 is 1.65 bits per heavy atom. The second kappa shape index (κ2) is 6.96. The zero-order chi connectivity index (χ0) is 16.1. The second-order valence-corrected chi connectivity index (χ2v) is 5.34. The fourth-order valence-electron chi connectivity index (χ4n) is 2.58. The third kappa shape index (κ3) is 3.34. The van der Waals surface area contributed by atoms with Crippen molar-refractivity contribution in [2.75, 3.05) is 5.73 Å². The van der Waals surface area contributed by atoms with Crippen molar-refractivity contribution in [3.63, 3.8) is 0 Å².